The second kappa shape index (κ2) is 5.69. The molecule has 1 aliphatic rings. The third-order valence-corrected chi connectivity index (χ3v) is 2.92. The van der Waals surface area contributed by atoms with Crippen molar-refractivity contribution in [3.8, 4) is 0 Å². The lowest BCUT2D eigenvalue weighted by Gasteiger charge is -2.35. The summed E-state index contributed by atoms with van der Waals surface area (Å²) < 4.78 is 11.4. The van der Waals surface area contributed by atoms with Gasteiger partial charge in [-0.15, -0.1) is 0 Å². The highest BCUT2D eigenvalue weighted by Gasteiger charge is 2.27. The van der Waals surface area contributed by atoms with Crippen molar-refractivity contribution in [2.75, 3.05) is 26.8 Å². The summed E-state index contributed by atoms with van der Waals surface area (Å²) in [5, 5.41) is 3.19. The Bertz CT molecular complexity index is 157. The third kappa shape index (κ3) is 3.56. The van der Waals surface area contributed by atoms with Crippen molar-refractivity contribution in [1.82, 2.24) is 5.32 Å². The molecule has 0 aliphatic carbocycles. The minimum Gasteiger partial charge on any atom is -0.381 e. The molecule has 3 nitrogen and oxygen atoms in total. The average Bonchev–Trinajstić information content (AvgIpc) is 2.20. The largest absolute Gasteiger partial charge is 0.381 e. The highest BCUT2D eigenvalue weighted by molar-refractivity contribution is 4.78. The standard InChI is InChI=1S/C11H23NO2/c1-4-11(2,9-12-3)14-10-5-7-13-8-6-10/h10,12H,4-9H2,1-3H3. The molecule has 1 atom stereocenters. The topological polar surface area (TPSA) is 30.5 Å². The van der Waals surface area contributed by atoms with Crippen molar-refractivity contribution in [2.24, 2.45) is 0 Å². The molecule has 1 unspecified atom stereocenters. The van der Waals surface area contributed by atoms with E-state index in [4.69, 9.17) is 9.47 Å². The normalized spacial score (nSPS) is 23.4. The summed E-state index contributed by atoms with van der Waals surface area (Å²) in [6.45, 7) is 6.98. The predicted octanol–water partition coefficient (Wildman–Crippen LogP) is 1.57. The van der Waals surface area contributed by atoms with Gasteiger partial charge in [-0.1, -0.05) is 6.92 Å². The fourth-order valence-corrected chi connectivity index (χ4v) is 1.82. The molecule has 0 aromatic carbocycles. The Balaban J connectivity index is 2.37. The Kier molecular flexibility index (Phi) is 4.85. The first kappa shape index (κ1) is 12.0. The maximum absolute atomic E-state index is 6.13. The molecule has 1 aliphatic heterocycles. The number of ether oxygens (including phenoxy) is 2. The van der Waals surface area contributed by atoms with Crippen LogP contribution in [0.3, 0.4) is 0 Å². The SMILES string of the molecule is CCC(C)(CNC)OC1CCOCC1. The summed E-state index contributed by atoms with van der Waals surface area (Å²) in [6.07, 6.45) is 3.52. The van der Waals surface area contributed by atoms with E-state index >= 15 is 0 Å². The number of rotatable bonds is 5. The molecule has 0 aromatic rings. The van der Waals surface area contributed by atoms with Gasteiger partial charge in [-0.25, -0.2) is 0 Å². The van der Waals surface area contributed by atoms with Crippen LogP contribution in [0.4, 0.5) is 0 Å². The van der Waals surface area contributed by atoms with Gasteiger partial charge in [-0.3, -0.25) is 0 Å². The van der Waals surface area contributed by atoms with Crippen LogP contribution >= 0.6 is 0 Å². The molecule has 3 heteroatoms. The van der Waals surface area contributed by atoms with Gasteiger partial charge in [0, 0.05) is 19.8 Å². The Morgan fingerprint density at radius 1 is 1.43 bits per heavy atom. The van der Waals surface area contributed by atoms with Crippen molar-refractivity contribution in [1.29, 1.82) is 0 Å². The molecule has 14 heavy (non-hydrogen) atoms. The molecule has 84 valence electrons. The Morgan fingerprint density at radius 2 is 2.07 bits per heavy atom. The van der Waals surface area contributed by atoms with Crippen LogP contribution in [-0.4, -0.2) is 38.5 Å². The van der Waals surface area contributed by atoms with Crippen LogP contribution in [0.15, 0.2) is 0 Å². The number of hydrogen-bond acceptors (Lipinski definition) is 3. The molecule has 0 bridgehead atoms. The molecule has 1 rings (SSSR count). The lowest BCUT2D eigenvalue weighted by Crippen LogP contribution is -2.43. The summed E-state index contributed by atoms with van der Waals surface area (Å²) in [5.41, 5.74) is -0.0171. The van der Waals surface area contributed by atoms with Gasteiger partial charge in [0.15, 0.2) is 0 Å². The molecule has 1 saturated heterocycles. The highest BCUT2D eigenvalue weighted by atomic mass is 16.5. The van der Waals surface area contributed by atoms with Gasteiger partial charge in [0.2, 0.25) is 0 Å². The summed E-state index contributed by atoms with van der Waals surface area (Å²) >= 11 is 0. The molecule has 0 amide bonds. The third-order valence-electron chi connectivity index (χ3n) is 2.92. The quantitative estimate of drug-likeness (QED) is 0.732. The first-order valence-electron chi connectivity index (χ1n) is 5.60. The molecule has 0 saturated carbocycles. The van der Waals surface area contributed by atoms with Gasteiger partial charge in [-0.05, 0) is 33.2 Å². The van der Waals surface area contributed by atoms with E-state index in [0.717, 1.165) is 39.0 Å². The molecular weight excluding hydrogens is 178 g/mol. The van der Waals surface area contributed by atoms with Gasteiger partial charge in [0.25, 0.3) is 0 Å². The van der Waals surface area contributed by atoms with E-state index < -0.39 is 0 Å². The maximum Gasteiger partial charge on any atom is 0.0779 e. The van der Waals surface area contributed by atoms with Gasteiger partial charge < -0.3 is 14.8 Å². The van der Waals surface area contributed by atoms with E-state index in [2.05, 4.69) is 19.2 Å². The van der Waals surface area contributed by atoms with Crippen molar-refractivity contribution in [3.05, 3.63) is 0 Å². The second-order valence-corrected chi connectivity index (χ2v) is 4.26. The van der Waals surface area contributed by atoms with E-state index in [1.807, 2.05) is 7.05 Å². The van der Waals surface area contributed by atoms with Crippen molar-refractivity contribution in [2.45, 2.75) is 44.8 Å². The average molecular weight is 201 g/mol. The molecule has 0 radical (unpaired) electrons. The van der Waals surface area contributed by atoms with Crippen LogP contribution in [0.5, 0.6) is 0 Å². The van der Waals surface area contributed by atoms with Gasteiger partial charge in [0.05, 0.1) is 11.7 Å². The maximum atomic E-state index is 6.13. The molecule has 1 fully saturated rings. The second-order valence-electron chi connectivity index (χ2n) is 4.26. The Labute approximate surface area is 87.2 Å². The summed E-state index contributed by atoms with van der Waals surface area (Å²) in [5.74, 6) is 0. The zero-order chi connectivity index (χ0) is 10.4. The van der Waals surface area contributed by atoms with Crippen LogP contribution in [0.2, 0.25) is 0 Å². The molecule has 1 heterocycles. The van der Waals surface area contributed by atoms with E-state index in [1.54, 1.807) is 0 Å². The van der Waals surface area contributed by atoms with E-state index in [0.29, 0.717) is 6.10 Å². The Morgan fingerprint density at radius 3 is 2.57 bits per heavy atom. The molecular formula is C11H23NO2. The minimum atomic E-state index is -0.0171. The van der Waals surface area contributed by atoms with Crippen molar-refractivity contribution < 1.29 is 9.47 Å². The van der Waals surface area contributed by atoms with Crippen molar-refractivity contribution in [3.63, 3.8) is 0 Å². The van der Waals surface area contributed by atoms with Crippen molar-refractivity contribution >= 4 is 0 Å². The molecule has 0 aromatic heterocycles. The number of nitrogens with one attached hydrogen (secondary N) is 1. The Hall–Kier alpha value is -0.120. The molecule has 1 N–H and O–H groups in total. The van der Waals surface area contributed by atoms with Gasteiger partial charge >= 0.3 is 0 Å². The predicted molar refractivity (Wildman–Crippen MR) is 57.5 cm³/mol. The summed E-state index contributed by atoms with van der Waals surface area (Å²) in [7, 11) is 1.97. The van der Waals surface area contributed by atoms with E-state index in [-0.39, 0.29) is 5.60 Å². The zero-order valence-electron chi connectivity index (χ0n) is 9.64. The van der Waals surface area contributed by atoms with Crippen LogP contribution < -0.4 is 5.32 Å². The monoisotopic (exact) mass is 201 g/mol. The fraction of sp³-hybridized carbons (Fsp3) is 1.00. The lowest BCUT2D eigenvalue weighted by molar-refractivity contribution is -0.117. The zero-order valence-corrected chi connectivity index (χ0v) is 9.64. The first-order chi connectivity index (χ1) is 6.70. The van der Waals surface area contributed by atoms with Crippen LogP contribution in [-0.2, 0) is 9.47 Å². The fourth-order valence-electron chi connectivity index (χ4n) is 1.82. The van der Waals surface area contributed by atoms with Gasteiger partial charge in [-0.2, -0.15) is 0 Å². The minimum absolute atomic E-state index is 0.0171. The highest BCUT2D eigenvalue weighted by Crippen LogP contribution is 2.21. The van der Waals surface area contributed by atoms with Crippen LogP contribution in [0.25, 0.3) is 0 Å². The summed E-state index contributed by atoms with van der Waals surface area (Å²) in [4.78, 5) is 0. The smallest absolute Gasteiger partial charge is 0.0779 e. The molecule has 0 spiro atoms. The number of hydrogen-bond donors (Lipinski definition) is 1. The van der Waals surface area contributed by atoms with Crippen LogP contribution in [0.1, 0.15) is 33.1 Å². The van der Waals surface area contributed by atoms with E-state index in [1.165, 1.54) is 0 Å². The first-order valence-corrected chi connectivity index (χ1v) is 5.60. The van der Waals surface area contributed by atoms with Gasteiger partial charge in [0.1, 0.15) is 0 Å². The lowest BCUT2D eigenvalue weighted by atomic mass is 10.0. The van der Waals surface area contributed by atoms with E-state index in [9.17, 15) is 0 Å². The number of likely N-dealkylation sites (N-methyl/N-ethyl adjacent to an activating group) is 1. The van der Waals surface area contributed by atoms with Crippen LogP contribution in [0, 0.1) is 0 Å². The summed E-state index contributed by atoms with van der Waals surface area (Å²) in [6, 6.07) is 0.